The monoisotopic (exact) mass is 386 g/mol. The number of carbonyl (C=O) groups excluding carboxylic acids is 1. The lowest BCUT2D eigenvalue weighted by molar-refractivity contribution is -0.143. The lowest BCUT2D eigenvalue weighted by atomic mass is 10.1. The summed E-state index contributed by atoms with van der Waals surface area (Å²) in [7, 11) is 0. The first-order chi connectivity index (χ1) is 13.2. The van der Waals surface area contributed by atoms with Crippen molar-refractivity contribution in [1.82, 2.24) is 4.90 Å². The maximum Gasteiger partial charge on any atom is 0.305 e. The molecule has 0 aromatic heterocycles. The summed E-state index contributed by atoms with van der Waals surface area (Å²) in [4.78, 5) is 14.0. The van der Waals surface area contributed by atoms with Crippen LogP contribution in [0, 0.1) is 0 Å². The van der Waals surface area contributed by atoms with Crippen molar-refractivity contribution < 1.29 is 14.6 Å². The standard InChI is InChI=1S/C22H46N2O3/c1-2-3-4-5-6-10-13-21-27-22(26)15-11-8-7-9-12-17-24(19-20-25)18-14-16-23/h25H,2-21,23H2,1H3. The molecule has 0 aliphatic carbocycles. The Morgan fingerprint density at radius 3 is 2.07 bits per heavy atom. The average Bonchev–Trinajstić information content (AvgIpc) is 2.67. The van der Waals surface area contributed by atoms with E-state index in [-0.39, 0.29) is 12.6 Å². The maximum atomic E-state index is 11.7. The molecule has 0 saturated carbocycles. The number of aliphatic hydroxyl groups is 1. The Morgan fingerprint density at radius 1 is 0.815 bits per heavy atom. The summed E-state index contributed by atoms with van der Waals surface area (Å²) in [6, 6.07) is 0. The lowest BCUT2D eigenvalue weighted by Crippen LogP contribution is -2.30. The third kappa shape index (κ3) is 19.9. The van der Waals surface area contributed by atoms with E-state index >= 15 is 0 Å². The minimum absolute atomic E-state index is 0.0307. The van der Waals surface area contributed by atoms with Gasteiger partial charge in [0.15, 0.2) is 0 Å². The minimum atomic E-state index is -0.0307. The van der Waals surface area contributed by atoms with Gasteiger partial charge in [-0.1, -0.05) is 64.7 Å². The number of nitrogens with two attached hydrogens (primary N) is 1. The molecule has 0 aliphatic rings. The summed E-state index contributed by atoms with van der Waals surface area (Å²) in [5, 5.41) is 9.08. The van der Waals surface area contributed by atoms with Gasteiger partial charge in [-0.3, -0.25) is 4.79 Å². The predicted molar refractivity (Wildman–Crippen MR) is 114 cm³/mol. The summed E-state index contributed by atoms with van der Waals surface area (Å²) < 4.78 is 5.31. The van der Waals surface area contributed by atoms with E-state index in [2.05, 4.69) is 11.8 Å². The van der Waals surface area contributed by atoms with E-state index in [9.17, 15) is 4.79 Å². The molecule has 5 nitrogen and oxygen atoms in total. The second kappa shape index (κ2) is 21.6. The summed E-state index contributed by atoms with van der Waals surface area (Å²) in [5.74, 6) is -0.0307. The van der Waals surface area contributed by atoms with Crippen LogP contribution in [0.1, 0.15) is 96.8 Å². The molecule has 27 heavy (non-hydrogen) atoms. The number of hydrogen-bond acceptors (Lipinski definition) is 5. The van der Waals surface area contributed by atoms with Crippen molar-refractivity contribution in [3.63, 3.8) is 0 Å². The minimum Gasteiger partial charge on any atom is -0.466 e. The molecular formula is C22H46N2O3. The third-order valence-corrected chi connectivity index (χ3v) is 4.96. The number of nitrogens with zero attached hydrogens (tertiary/aromatic N) is 1. The summed E-state index contributed by atoms with van der Waals surface area (Å²) in [5.41, 5.74) is 5.55. The summed E-state index contributed by atoms with van der Waals surface area (Å²) in [6.07, 6.45) is 15.8. The van der Waals surface area contributed by atoms with Gasteiger partial charge in [0.1, 0.15) is 0 Å². The van der Waals surface area contributed by atoms with Gasteiger partial charge in [0.05, 0.1) is 13.2 Å². The topological polar surface area (TPSA) is 75.8 Å². The fourth-order valence-corrected chi connectivity index (χ4v) is 3.24. The predicted octanol–water partition coefficient (Wildman–Crippen LogP) is 4.26. The van der Waals surface area contributed by atoms with E-state index in [1.807, 2.05) is 0 Å². The van der Waals surface area contributed by atoms with Crippen LogP contribution in [-0.4, -0.2) is 55.4 Å². The Hall–Kier alpha value is -0.650. The second-order valence-electron chi connectivity index (χ2n) is 7.57. The van der Waals surface area contributed by atoms with E-state index in [4.69, 9.17) is 15.6 Å². The Kier molecular flexibility index (Phi) is 21.1. The highest BCUT2D eigenvalue weighted by atomic mass is 16.5. The number of esters is 1. The molecule has 3 N–H and O–H groups in total. The third-order valence-electron chi connectivity index (χ3n) is 4.96. The second-order valence-corrected chi connectivity index (χ2v) is 7.57. The van der Waals surface area contributed by atoms with Gasteiger partial charge >= 0.3 is 5.97 Å². The molecule has 0 amide bonds. The molecule has 0 heterocycles. The van der Waals surface area contributed by atoms with Gasteiger partial charge < -0.3 is 20.5 Å². The van der Waals surface area contributed by atoms with Crippen LogP contribution < -0.4 is 5.73 Å². The van der Waals surface area contributed by atoms with Crippen LogP contribution >= 0.6 is 0 Å². The van der Waals surface area contributed by atoms with Crippen LogP contribution in [0.15, 0.2) is 0 Å². The fraction of sp³-hybridized carbons (Fsp3) is 0.955. The van der Waals surface area contributed by atoms with Crippen LogP contribution in [-0.2, 0) is 9.53 Å². The van der Waals surface area contributed by atoms with Crippen molar-refractivity contribution in [1.29, 1.82) is 0 Å². The number of rotatable bonds is 21. The zero-order valence-electron chi connectivity index (χ0n) is 17.9. The van der Waals surface area contributed by atoms with E-state index in [0.29, 0.717) is 19.6 Å². The van der Waals surface area contributed by atoms with Gasteiger partial charge in [-0.05, 0) is 45.3 Å². The molecule has 0 aliphatic heterocycles. The van der Waals surface area contributed by atoms with E-state index in [1.54, 1.807) is 0 Å². The molecule has 0 atom stereocenters. The zero-order valence-corrected chi connectivity index (χ0v) is 17.9. The van der Waals surface area contributed by atoms with Crippen molar-refractivity contribution in [2.75, 3.05) is 39.4 Å². The van der Waals surface area contributed by atoms with Gasteiger partial charge in [-0.15, -0.1) is 0 Å². The molecule has 0 unspecified atom stereocenters. The number of unbranched alkanes of at least 4 members (excludes halogenated alkanes) is 10. The summed E-state index contributed by atoms with van der Waals surface area (Å²) >= 11 is 0. The van der Waals surface area contributed by atoms with Crippen LogP contribution in [0.3, 0.4) is 0 Å². The fourth-order valence-electron chi connectivity index (χ4n) is 3.24. The van der Waals surface area contributed by atoms with Crippen LogP contribution in [0.5, 0.6) is 0 Å². The SMILES string of the molecule is CCCCCCCCCOC(=O)CCCCCCCN(CCO)CCCN. The van der Waals surface area contributed by atoms with Crippen LogP contribution in [0.2, 0.25) is 0 Å². The van der Waals surface area contributed by atoms with E-state index in [1.165, 1.54) is 44.9 Å². The molecule has 0 aromatic carbocycles. The van der Waals surface area contributed by atoms with Gasteiger partial charge in [-0.2, -0.15) is 0 Å². The Morgan fingerprint density at radius 2 is 1.41 bits per heavy atom. The maximum absolute atomic E-state index is 11.7. The largest absolute Gasteiger partial charge is 0.466 e. The van der Waals surface area contributed by atoms with E-state index in [0.717, 1.165) is 58.2 Å². The molecular weight excluding hydrogens is 340 g/mol. The first kappa shape index (κ1) is 26.4. The van der Waals surface area contributed by atoms with Crippen molar-refractivity contribution >= 4 is 5.97 Å². The molecule has 0 rings (SSSR count). The molecule has 0 saturated heterocycles. The Balaban J connectivity index is 3.37. The number of hydrogen-bond donors (Lipinski definition) is 2. The smallest absolute Gasteiger partial charge is 0.305 e. The lowest BCUT2D eigenvalue weighted by Gasteiger charge is -2.20. The molecule has 0 spiro atoms. The molecule has 5 heteroatoms. The van der Waals surface area contributed by atoms with Gasteiger partial charge in [0.2, 0.25) is 0 Å². The number of carbonyl (C=O) groups is 1. The molecule has 0 aromatic rings. The molecule has 0 radical (unpaired) electrons. The van der Waals surface area contributed by atoms with Crippen molar-refractivity contribution in [3.8, 4) is 0 Å². The number of ether oxygens (including phenoxy) is 1. The van der Waals surface area contributed by atoms with Crippen molar-refractivity contribution in [2.45, 2.75) is 96.8 Å². The molecule has 0 fully saturated rings. The van der Waals surface area contributed by atoms with E-state index < -0.39 is 0 Å². The number of aliphatic hydroxyl groups excluding tert-OH is 1. The first-order valence-electron chi connectivity index (χ1n) is 11.4. The highest BCUT2D eigenvalue weighted by molar-refractivity contribution is 5.69. The molecule has 162 valence electrons. The quantitative estimate of drug-likeness (QED) is 0.228. The normalized spacial score (nSPS) is 11.3. The highest BCUT2D eigenvalue weighted by Gasteiger charge is 2.04. The van der Waals surface area contributed by atoms with Gasteiger partial charge in [0.25, 0.3) is 0 Å². The van der Waals surface area contributed by atoms with Gasteiger partial charge in [0, 0.05) is 13.0 Å². The Labute approximate surface area is 168 Å². The average molecular weight is 387 g/mol. The van der Waals surface area contributed by atoms with Crippen LogP contribution in [0.4, 0.5) is 0 Å². The molecule has 0 bridgehead atoms. The summed E-state index contributed by atoms with van der Waals surface area (Å²) in [6.45, 7) is 6.49. The van der Waals surface area contributed by atoms with Gasteiger partial charge in [-0.25, -0.2) is 0 Å². The Bertz CT molecular complexity index is 314. The zero-order chi connectivity index (χ0) is 20.0. The van der Waals surface area contributed by atoms with Crippen LogP contribution in [0.25, 0.3) is 0 Å². The first-order valence-corrected chi connectivity index (χ1v) is 11.4. The van der Waals surface area contributed by atoms with Crippen molar-refractivity contribution in [3.05, 3.63) is 0 Å². The highest BCUT2D eigenvalue weighted by Crippen LogP contribution is 2.09. The van der Waals surface area contributed by atoms with Crippen molar-refractivity contribution in [2.24, 2.45) is 5.73 Å².